The molecule has 0 bridgehead atoms. The molecule has 0 saturated carbocycles. The summed E-state index contributed by atoms with van der Waals surface area (Å²) in [4.78, 5) is 23.8. The summed E-state index contributed by atoms with van der Waals surface area (Å²) in [5, 5.41) is 2.58. The number of hydrogen-bond acceptors (Lipinski definition) is 3. The molecule has 2 aromatic carbocycles. The number of carbonyl (C=O) groups is 2. The van der Waals surface area contributed by atoms with E-state index >= 15 is 0 Å². The Labute approximate surface area is 136 Å². The van der Waals surface area contributed by atoms with E-state index in [2.05, 4.69) is 10.1 Å². The molecular formula is C17H14F3NO3. The summed E-state index contributed by atoms with van der Waals surface area (Å²) < 4.78 is 42.2. The van der Waals surface area contributed by atoms with Crippen LogP contribution in [0.2, 0.25) is 0 Å². The van der Waals surface area contributed by atoms with Gasteiger partial charge in [-0.15, -0.1) is 0 Å². The van der Waals surface area contributed by atoms with E-state index in [4.69, 9.17) is 0 Å². The number of hydrogen-bond donors (Lipinski definition) is 1. The van der Waals surface area contributed by atoms with Crippen LogP contribution in [0.5, 0.6) is 0 Å². The van der Waals surface area contributed by atoms with E-state index in [1.165, 1.54) is 7.11 Å². The van der Waals surface area contributed by atoms with Gasteiger partial charge in [0.25, 0.3) is 5.91 Å². The van der Waals surface area contributed by atoms with Crippen molar-refractivity contribution in [2.75, 3.05) is 12.4 Å². The van der Waals surface area contributed by atoms with Crippen LogP contribution < -0.4 is 5.32 Å². The molecule has 7 heteroatoms. The molecule has 126 valence electrons. The summed E-state index contributed by atoms with van der Waals surface area (Å²) >= 11 is 0. The van der Waals surface area contributed by atoms with Crippen molar-refractivity contribution in [1.29, 1.82) is 0 Å². The molecule has 0 aliphatic carbocycles. The van der Waals surface area contributed by atoms with E-state index in [0.29, 0.717) is 16.8 Å². The molecule has 24 heavy (non-hydrogen) atoms. The Morgan fingerprint density at radius 1 is 1.04 bits per heavy atom. The van der Waals surface area contributed by atoms with E-state index in [1.807, 2.05) is 0 Å². The molecule has 0 saturated heterocycles. The lowest BCUT2D eigenvalue weighted by atomic mass is 10.1. The van der Waals surface area contributed by atoms with Gasteiger partial charge in [-0.2, -0.15) is 13.2 Å². The fourth-order valence-corrected chi connectivity index (χ4v) is 2.11. The number of carbonyl (C=O) groups excluding carboxylic acids is 2. The predicted octanol–water partition coefficient (Wildman–Crippen LogP) is 4.05. The molecule has 0 aliphatic rings. The van der Waals surface area contributed by atoms with Crippen molar-refractivity contribution in [2.24, 2.45) is 0 Å². The van der Waals surface area contributed by atoms with E-state index in [1.54, 1.807) is 25.1 Å². The average Bonchev–Trinajstić information content (AvgIpc) is 2.55. The molecule has 2 rings (SSSR count). The maximum Gasteiger partial charge on any atom is 0.416 e. The lowest BCUT2D eigenvalue weighted by Gasteiger charge is -2.12. The Hall–Kier alpha value is -2.83. The molecule has 0 spiro atoms. The fraction of sp³-hybridized carbons (Fsp3) is 0.176. The molecule has 0 heterocycles. The van der Waals surface area contributed by atoms with Gasteiger partial charge in [-0.05, 0) is 48.9 Å². The van der Waals surface area contributed by atoms with Gasteiger partial charge in [-0.25, -0.2) is 4.79 Å². The number of nitrogens with one attached hydrogen (secondary N) is 1. The van der Waals surface area contributed by atoms with Gasteiger partial charge in [0.2, 0.25) is 0 Å². The van der Waals surface area contributed by atoms with Gasteiger partial charge in [-0.1, -0.05) is 6.07 Å². The van der Waals surface area contributed by atoms with Gasteiger partial charge >= 0.3 is 12.1 Å². The van der Waals surface area contributed by atoms with Crippen molar-refractivity contribution in [1.82, 2.24) is 0 Å². The molecular weight excluding hydrogens is 323 g/mol. The molecule has 2 aromatic rings. The number of esters is 1. The first-order valence-electron chi connectivity index (χ1n) is 6.90. The first-order chi connectivity index (χ1) is 11.2. The Morgan fingerprint density at radius 2 is 1.67 bits per heavy atom. The van der Waals surface area contributed by atoms with Crippen LogP contribution in [0, 0.1) is 6.92 Å². The van der Waals surface area contributed by atoms with Crippen LogP contribution >= 0.6 is 0 Å². The van der Waals surface area contributed by atoms with Crippen LogP contribution in [-0.2, 0) is 10.9 Å². The molecule has 1 N–H and O–H groups in total. The molecule has 0 unspecified atom stereocenters. The van der Waals surface area contributed by atoms with E-state index in [0.717, 1.165) is 24.3 Å². The van der Waals surface area contributed by atoms with Crippen molar-refractivity contribution in [2.45, 2.75) is 13.1 Å². The topological polar surface area (TPSA) is 55.4 Å². The zero-order valence-corrected chi connectivity index (χ0v) is 12.9. The smallest absolute Gasteiger partial charge is 0.416 e. The number of rotatable bonds is 3. The zero-order valence-electron chi connectivity index (χ0n) is 12.9. The number of anilines is 1. The number of amides is 1. The number of alkyl halides is 3. The van der Waals surface area contributed by atoms with Crippen LogP contribution in [0.4, 0.5) is 18.9 Å². The maximum absolute atomic E-state index is 12.5. The Bertz CT molecular complexity index is 768. The van der Waals surface area contributed by atoms with Crippen molar-refractivity contribution in [3.05, 3.63) is 64.7 Å². The zero-order chi connectivity index (χ0) is 17.9. The molecule has 0 radical (unpaired) electrons. The molecule has 0 aliphatic heterocycles. The second kappa shape index (κ2) is 6.74. The van der Waals surface area contributed by atoms with Gasteiger partial charge in [0.1, 0.15) is 0 Å². The quantitative estimate of drug-likeness (QED) is 0.860. The second-order valence-corrected chi connectivity index (χ2v) is 5.00. The largest absolute Gasteiger partial charge is 0.465 e. The van der Waals surface area contributed by atoms with Gasteiger partial charge in [-0.3, -0.25) is 4.79 Å². The predicted molar refractivity (Wildman–Crippen MR) is 81.9 cm³/mol. The molecule has 0 atom stereocenters. The van der Waals surface area contributed by atoms with Gasteiger partial charge in [0.05, 0.1) is 18.2 Å². The van der Waals surface area contributed by atoms with E-state index in [-0.39, 0.29) is 5.56 Å². The number of methoxy groups -OCH3 is 1. The lowest BCUT2D eigenvalue weighted by molar-refractivity contribution is -0.137. The average molecular weight is 337 g/mol. The first kappa shape index (κ1) is 17.5. The van der Waals surface area contributed by atoms with Crippen LogP contribution in [0.15, 0.2) is 42.5 Å². The first-order valence-corrected chi connectivity index (χ1v) is 6.90. The minimum Gasteiger partial charge on any atom is -0.465 e. The summed E-state index contributed by atoms with van der Waals surface area (Å²) in [5.74, 6) is -1.12. The van der Waals surface area contributed by atoms with Crippen LogP contribution in [0.25, 0.3) is 0 Å². The third kappa shape index (κ3) is 3.73. The molecule has 0 fully saturated rings. The van der Waals surface area contributed by atoms with Gasteiger partial charge < -0.3 is 10.1 Å². The Balaban J connectivity index is 2.23. The van der Waals surface area contributed by atoms with E-state index in [9.17, 15) is 22.8 Å². The van der Waals surface area contributed by atoms with Crippen molar-refractivity contribution in [3.8, 4) is 0 Å². The van der Waals surface area contributed by atoms with Crippen molar-refractivity contribution >= 4 is 17.6 Å². The Kier molecular flexibility index (Phi) is 4.92. The SMILES string of the molecule is COC(=O)c1cccc(NC(=O)c2ccc(C(F)(F)F)cc2)c1C. The molecule has 1 amide bonds. The van der Waals surface area contributed by atoms with Gasteiger partial charge in [0, 0.05) is 11.3 Å². The summed E-state index contributed by atoms with van der Waals surface area (Å²) in [6, 6.07) is 8.58. The molecule has 0 aromatic heterocycles. The second-order valence-electron chi connectivity index (χ2n) is 5.00. The minimum atomic E-state index is -4.46. The monoisotopic (exact) mass is 337 g/mol. The number of benzene rings is 2. The van der Waals surface area contributed by atoms with Crippen molar-refractivity contribution < 1.29 is 27.5 Å². The number of halogens is 3. The summed E-state index contributed by atoms with van der Waals surface area (Å²) in [6.07, 6.45) is -4.46. The third-order valence-corrected chi connectivity index (χ3v) is 3.46. The summed E-state index contributed by atoms with van der Waals surface area (Å²) in [7, 11) is 1.25. The number of ether oxygens (including phenoxy) is 1. The standard InChI is InChI=1S/C17H14F3NO3/c1-10-13(16(23)24-2)4-3-5-14(10)21-15(22)11-6-8-12(9-7-11)17(18,19)20/h3-9H,1-2H3,(H,21,22). The fourth-order valence-electron chi connectivity index (χ4n) is 2.11. The van der Waals surface area contributed by atoms with Gasteiger partial charge in [0.15, 0.2) is 0 Å². The highest BCUT2D eigenvalue weighted by Crippen LogP contribution is 2.29. The summed E-state index contributed by atoms with van der Waals surface area (Å²) in [6.45, 7) is 1.63. The highest BCUT2D eigenvalue weighted by Gasteiger charge is 2.30. The van der Waals surface area contributed by atoms with Crippen LogP contribution in [-0.4, -0.2) is 19.0 Å². The Morgan fingerprint density at radius 3 is 2.21 bits per heavy atom. The van der Waals surface area contributed by atoms with Crippen LogP contribution in [0.3, 0.4) is 0 Å². The van der Waals surface area contributed by atoms with E-state index < -0.39 is 23.6 Å². The highest BCUT2D eigenvalue weighted by atomic mass is 19.4. The third-order valence-electron chi connectivity index (χ3n) is 3.46. The lowest BCUT2D eigenvalue weighted by Crippen LogP contribution is -2.15. The minimum absolute atomic E-state index is 0.0749. The maximum atomic E-state index is 12.5. The summed E-state index contributed by atoms with van der Waals surface area (Å²) in [5.41, 5.74) is 0.420. The normalized spacial score (nSPS) is 11.0. The van der Waals surface area contributed by atoms with Crippen molar-refractivity contribution in [3.63, 3.8) is 0 Å². The van der Waals surface area contributed by atoms with Crippen LogP contribution in [0.1, 0.15) is 31.8 Å². The molecule has 4 nitrogen and oxygen atoms in total. The highest BCUT2D eigenvalue weighted by molar-refractivity contribution is 6.05.